The Bertz CT molecular complexity index is 972. The maximum Gasteiger partial charge on any atom is 0.223 e. The SMILES string of the molecule is O=C(CCC1CCCC1)N1CCc2c([nH]c3ccccc23)[C@@H]1c1cccnc1. The Balaban J connectivity index is 1.49. The predicted molar refractivity (Wildman–Crippen MR) is 111 cm³/mol. The minimum atomic E-state index is -0.0686. The van der Waals surface area contributed by atoms with Gasteiger partial charge in [0, 0.05) is 42.0 Å². The van der Waals surface area contributed by atoms with Gasteiger partial charge in [0.1, 0.15) is 0 Å². The van der Waals surface area contributed by atoms with Crippen molar-refractivity contribution < 1.29 is 4.79 Å². The highest BCUT2D eigenvalue weighted by atomic mass is 16.2. The van der Waals surface area contributed by atoms with Gasteiger partial charge in [-0.25, -0.2) is 0 Å². The first-order valence-corrected chi connectivity index (χ1v) is 10.6. The van der Waals surface area contributed by atoms with Crippen molar-refractivity contribution in [1.82, 2.24) is 14.9 Å². The van der Waals surface area contributed by atoms with Crippen LogP contribution in [0.1, 0.15) is 61.4 Å². The Morgan fingerprint density at radius 2 is 2.00 bits per heavy atom. The van der Waals surface area contributed by atoms with Crippen LogP contribution in [0.5, 0.6) is 0 Å². The number of hydrogen-bond acceptors (Lipinski definition) is 2. The van der Waals surface area contributed by atoms with E-state index in [-0.39, 0.29) is 11.9 Å². The van der Waals surface area contributed by atoms with Gasteiger partial charge in [-0.15, -0.1) is 0 Å². The number of nitrogens with zero attached hydrogens (tertiary/aromatic N) is 2. The lowest BCUT2D eigenvalue weighted by molar-refractivity contribution is -0.133. The third kappa shape index (κ3) is 3.11. The molecule has 1 atom stereocenters. The van der Waals surface area contributed by atoms with E-state index in [0.717, 1.165) is 42.1 Å². The van der Waals surface area contributed by atoms with E-state index in [4.69, 9.17) is 0 Å². The summed E-state index contributed by atoms with van der Waals surface area (Å²) in [4.78, 5) is 23.3. The maximum atomic E-state index is 13.3. The average molecular weight is 374 g/mol. The van der Waals surface area contributed by atoms with Crippen molar-refractivity contribution in [3.05, 3.63) is 65.6 Å². The van der Waals surface area contributed by atoms with E-state index in [9.17, 15) is 4.79 Å². The van der Waals surface area contributed by atoms with Crippen LogP contribution in [0.25, 0.3) is 10.9 Å². The number of carbonyl (C=O) groups excluding carboxylic acids is 1. The molecule has 3 heterocycles. The summed E-state index contributed by atoms with van der Waals surface area (Å²) in [7, 11) is 0. The van der Waals surface area contributed by atoms with Crippen LogP contribution in [0, 0.1) is 5.92 Å². The number of pyridine rings is 1. The first-order valence-electron chi connectivity index (χ1n) is 10.6. The average Bonchev–Trinajstić information content (AvgIpc) is 3.39. The molecule has 0 saturated heterocycles. The molecule has 4 nitrogen and oxygen atoms in total. The molecule has 5 rings (SSSR count). The molecular weight excluding hydrogens is 346 g/mol. The molecule has 4 heteroatoms. The molecule has 1 saturated carbocycles. The van der Waals surface area contributed by atoms with E-state index >= 15 is 0 Å². The minimum Gasteiger partial charge on any atom is -0.356 e. The fourth-order valence-corrected chi connectivity index (χ4v) is 5.16. The van der Waals surface area contributed by atoms with Crippen LogP contribution < -0.4 is 0 Å². The highest BCUT2D eigenvalue weighted by molar-refractivity contribution is 5.86. The number of aromatic amines is 1. The van der Waals surface area contributed by atoms with Crippen molar-refractivity contribution in [2.24, 2.45) is 5.92 Å². The van der Waals surface area contributed by atoms with Crippen LogP contribution in [-0.4, -0.2) is 27.3 Å². The van der Waals surface area contributed by atoms with Gasteiger partial charge in [0.2, 0.25) is 5.91 Å². The second kappa shape index (κ2) is 7.42. The Morgan fingerprint density at radius 1 is 1.14 bits per heavy atom. The number of aromatic nitrogens is 2. The second-order valence-electron chi connectivity index (χ2n) is 8.28. The number of nitrogens with one attached hydrogen (secondary N) is 1. The highest BCUT2D eigenvalue weighted by Crippen LogP contribution is 2.39. The summed E-state index contributed by atoms with van der Waals surface area (Å²) in [5, 5.41) is 1.28. The van der Waals surface area contributed by atoms with E-state index in [1.165, 1.54) is 36.6 Å². The highest BCUT2D eigenvalue weighted by Gasteiger charge is 2.34. The van der Waals surface area contributed by atoms with Gasteiger partial charge in [-0.2, -0.15) is 0 Å². The van der Waals surface area contributed by atoms with Gasteiger partial charge in [-0.1, -0.05) is 49.9 Å². The fourth-order valence-electron chi connectivity index (χ4n) is 5.16. The minimum absolute atomic E-state index is 0.0686. The quantitative estimate of drug-likeness (QED) is 0.699. The van der Waals surface area contributed by atoms with Gasteiger partial charge in [0.25, 0.3) is 0 Å². The number of benzene rings is 1. The van der Waals surface area contributed by atoms with Gasteiger partial charge in [0.15, 0.2) is 0 Å². The Kier molecular flexibility index (Phi) is 4.63. The molecule has 0 spiro atoms. The molecule has 28 heavy (non-hydrogen) atoms. The largest absolute Gasteiger partial charge is 0.356 e. The number of fused-ring (bicyclic) bond motifs is 3. The summed E-state index contributed by atoms with van der Waals surface area (Å²) in [6, 6.07) is 12.5. The van der Waals surface area contributed by atoms with Crippen LogP contribution in [0.3, 0.4) is 0 Å². The van der Waals surface area contributed by atoms with E-state index < -0.39 is 0 Å². The van der Waals surface area contributed by atoms with Crippen LogP contribution in [0.4, 0.5) is 0 Å². The van der Waals surface area contributed by atoms with Crippen LogP contribution in [0.2, 0.25) is 0 Å². The van der Waals surface area contributed by atoms with Gasteiger partial charge in [-0.3, -0.25) is 9.78 Å². The molecule has 2 aliphatic rings. The summed E-state index contributed by atoms with van der Waals surface area (Å²) in [6.07, 6.45) is 11.6. The van der Waals surface area contributed by atoms with E-state index in [1.54, 1.807) is 6.20 Å². The smallest absolute Gasteiger partial charge is 0.223 e. The van der Waals surface area contributed by atoms with E-state index in [1.807, 2.05) is 12.3 Å². The van der Waals surface area contributed by atoms with Crippen molar-refractivity contribution in [1.29, 1.82) is 0 Å². The van der Waals surface area contributed by atoms with Crippen LogP contribution in [0.15, 0.2) is 48.8 Å². The number of carbonyl (C=O) groups is 1. The third-order valence-corrected chi connectivity index (χ3v) is 6.60. The van der Waals surface area contributed by atoms with E-state index in [0.29, 0.717) is 6.42 Å². The summed E-state index contributed by atoms with van der Waals surface area (Å²) in [5.74, 6) is 1.03. The van der Waals surface area contributed by atoms with Crippen LogP contribution >= 0.6 is 0 Å². The molecule has 0 bridgehead atoms. The molecule has 144 valence electrons. The number of hydrogen-bond donors (Lipinski definition) is 1. The lowest BCUT2D eigenvalue weighted by Crippen LogP contribution is -2.40. The number of amides is 1. The molecule has 2 aromatic heterocycles. The molecular formula is C24H27N3O. The standard InChI is InChI=1S/C24H27N3O/c28-22(12-11-17-6-1-2-7-17)27-15-13-20-19-9-3-4-10-21(19)26-23(20)24(27)18-8-5-14-25-16-18/h3-5,8-10,14,16-17,24,26H,1-2,6-7,11-13,15H2/t24-/m0/s1. The monoisotopic (exact) mass is 373 g/mol. The Morgan fingerprint density at radius 3 is 2.82 bits per heavy atom. The topological polar surface area (TPSA) is 49.0 Å². The van der Waals surface area contributed by atoms with Gasteiger partial charge in [0.05, 0.1) is 6.04 Å². The number of para-hydroxylation sites is 1. The predicted octanol–water partition coefficient (Wildman–Crippen LogP) is 5.01. The molecule has 1 aliphatic heterocycles. The first-order chi connectivity index (χ1) is 13.8. The molecule has 1 N–H and O–H groups in total. The molecule has 3 aromatic rings. The normalized spacial score (nSPS) is 19.9. The number of H-pyrrole nitrogens is 1. The van der Waals surface area contributed by atoms with Gasteiger partial charge in [-0.05, 0) is 42.0 Å². The Labute approximate surface area is 166 Å². The molecule has 1 amide bonds. The molecule has 1 fully saturated rings. The van der Waals surface area contributed by atoms with Crippen LogP contribution in [-0.2, 0) is 11.2 Å². The van der Waals surface area contributed by atoms with Crippen molar-refractivity contribution in [3.63, 3.8) is 0 Å². The molecule has 0 radical (unpaired) electrons. The zero-order valence-electron chi connectivity index (χ0n) is 16.2. The van der Waals surface area contributed by atoms with Crippen molar-refractivity contribution >= 4 is 16.8 Å². The maximum absolute atomic E-state index is 13.3. The van der Waals surface area contributed by atoms with Gasteiger partial charge >= 0.3 is 0 Å². The summed E-state index contributed by atoms with van der Waals surface area (Å²) in [6.45, 7) is 0.776. The molecule has 1 aromatic carbocycles. The second-order valence-corrected chi connectivity index (χ2v) is 8.28. The summed E-state index contributed by atoms with van der Waals surface area (Å²) in [5.41, 5.74) is 4.75. The van der Waals surface area contributed by atoms with Gasteiger partial charge < -0.3 is 9.88 Å². The summed E-state index contributed by atoms with van der Waals surface area (Å²) >= 11 is 0. The lowest BCUT2D eigenvalue weighted by Gasteiger charge is -2.36. The third-order valence-electron chi connectivity index (χ3n) is 6.60. The fraction of sp³-hybridized carbons (Fsp3) is 0.417. The molecule has 0 unspecified atom stereocenters. The Hall–Kier alpha value is -2.62. The van der Waals surface area contributed by atoms with Crippen molar-refractivity contribution in [2.75, 3.05) is 6.54 Å². The number of rotatable bonds is 4. The zero-order chi connectivity index (χ0) is 18.9. The zero-order valence-corrected chi connectivity index (χ0v) is 16.2. The van der Waals surface area contributed by atoms with Crippen molar-refractivity contribution in [3.8, 4) is 0 Å². The molecule has 1 aliphatic carbocycles. The van der Waals surface area contributed by atoms with E-state index in [2.05, 4.69) is 45.2 Å². The van der Waals surface area contributed by atoms with Crippen molar-refractivity contribution in [2.45, 2.75) is 51.0 Å². The lowest BCUT2D eigenvalue weighted by atomic mass is 9.92. The summed E-state index contributed by atoms with van der Waals surface area (Å²) < 4.78 is 0. The first kappa shape index (κ1) is 17.5.